The molecule has 6 heteroatoms. The van der Waals surface area contributed by atoms with Crippen molar-refractivity contribution in [3.63, 3.8) is 0 Å². The maximum Gasteiger partial charge on any atom is 0.231 e. The molecule has 3 aromatic rings. The molecule has 0 saturated carbocycles. The average Bonchev–Trinajstić information content (AvgIpc) is 3.07. The summed E-state index contributed by atoms with van der Waals surface area (Å²) in [5, 5.41) is 3.92. The van der Waals surface area contributed by atoms with Gasteiger partial charge in [0.1, 0.15) is 12.4 Å². The lowest BCUT2D eigenvalue weighted by molar-refractivity contribution is -0.121. The number of rotatable bonds is 4. The van der Waals surface area contributed by atoms with Gasteiger partial charge < -0.3 is 14.6 Å². The first kappa shape index (κ1) is 16.7. The van der Waals surface area contributed by atoms with E-state index in [-0.39, 0.29) is 11.8 Å². The summed E-state index contributed by atoms with van der Waals surface area (Å²) in [5.74, 6) is 0.697. The smallest absolute Gasteiger partial charge is 0.231 e. The number of fused-ring (bicyclic) bond motifs is 1. The molecule has 5 nitrogen and oxygen atoms in total. The van der Waals surface area contributed by atoms with Crippen LogP contribution in [0.15, 0.2) is 71.0 Å². The summed E-state index contributed by atoms with van der Waals surface area (Å²) in [7, 11) is 1.97. The fourth-order valence-electron chi connectivity index (χ4n) is 2.90. The van der Waals surface area contributed by atoms with E-state index in [2.05, 4.69) is 10.3 Å². The van der Waals surface area contributed by atoms with E-state index in [0.29, 0.717) is 13.0 Å². The number of hydrogen-bond donors (Lipinski definition) is 1. The maximum absolute atomic E-state index is 12.6. The predicted molar refractivity (Wildman–Crippen MR) is 102 cm³/mol. The number of hydrogen-bond acceptors (Lipinski definition) is 4. The molecular weight excluding hydrogens is 346 g/mol. The van der Waals surface area contributed by atoms with Crippen LogP contribution in [0.25, 0.3) is 0 Å². The van der Waals surface area contributed by atoms with Gasteiger partial charge in [-0.2, -0.15) is 0 Å². The molecule has 0 saturated heterocycles. The zero-order chi connectivity index (χ0) is 17.9. The summed E-state index contributed by atoms with van der Waals surface area (Å²) >= 11 is 1.59. The number of amides is 1. The summed E-state index contributed by atoms with van der Waals surface area (Å²) in [6.45, 7) is 0.413. The van der Waals surface area contributed by atoms with Gasteiger partial charge in [-0.05, 0) is 42.3 Å². The normalized spacial score (nSPS) is 15.8. The first-order valence-corrected chi connectivity index (χ1v) is 9.27. The van der Waals surface area contributed by atoms with Crippen LogP contribution in [0.5, 0.6) is 5.75 Å². The third-order valence-electron chi connectivity index (χ3n) is 4.36. The van der Waals surface area contributed by atoms with Gasteiger partial charge in [-0.15, -0.1) is 0 Å². The van der Waals surface area contributed by atoms with Crippen LogP contribution in [-0.4, -0.2) is 22.1 Å². The number of aryl methyl sites for hydroxylation is 1. The fourth-order valence-corrected chi connectivity index (χ4v) is 3.70. The molecule has 2 aromatic carbocycles. The summed E-state index contributed by atoms with van der Waals surface area (Å²) in [4.78, 5) is 17.9. The molecule has 26 heavy (non-hydrogen) atoms. The molecule has 0 fully saturated rings. The van der Waals surface area contributed by atoms with Gasteiger partial charge in [0, 0.05) is 30.0 Å². The minimum atomic E-state index is -0.175. The second-order valence-electron chi connectivity index (χ2n) is 6.26. The minimum Gasteiger partial charge on any atom is -0.492 e. The highest BCUT2D eigenvalue weighted by molar-refractivity contribution is 7.99. The maximum atomic E-state index is 12.6. The van der Waals surface area contributed by atoms with E-state index in [1.807, 2.05) is 66.3 Å². The number of anilines is 1. The molecule has 0 spiro atoms. The summed E-state index contributed by atoms with van der Waals surface area (Å²) in [6, 6.07) is 15.7. The molecule has 1 aromatic heterocycles. The van der Waals surface area contributed by atoms with Crippen molar-refractivity contribution in [2.75, 3.05) is 11.9 Å². The number of nitrogens with zero attached hydrogens (tertiary/aromatic N) is 2. The van der Waals surface area contributed by atoms with Crippen molar-refractivity contribution >= 4 is 23.4 Å². The standard InChI is InChI=1S/C20H19N3O2S/c1-23-11-10-21-20(23)26-17-8-6-16(7-9-17)22-19(24)15-12-14-4-2-3-5-18(14)25-13-15/h2-11,15H,12-13H2,1H3,(H,22,24). The van der Waals surface area contributed by atoms with Crippen LogP contribution in [0.4, 0.5) is 5.69 Å². The lowest BCUT2D eigenvalue weighted by Crippen LogP contribution is -2.32. The second-order valence-corrected chi connectivity index (χ2v) is 7.30. The Morgan fingerprint density at radius 2 is 2.04 bits per heavy atom. The van der Waals surface area contributed by atoms with Crippen molar-refractivity contribution < 1.29 is 9.53 Å². The monoisotopic (exact) mass is 365 g/mol. The molecule has 1 unspecified atom stereocenters. The Balaban J connectivity index is 1.38. The van der Waals surface area contributed by atoms with Crippen molar-refractivity contribution in [2.45, 2.75) is 16.5 Å². The lowest BCUT2D eigenvalue weighted by atomic mass is 9.96. The van der Waals surface area contributed by atoms with Crippen LogP contribution in [0.3, 0.4) is 0 Å². The van der Waals surface area contributed by atoms with Gasteiger partial charge in [0.2, 0.25) is 5.91 Å². The molecule has 0 aliphatic carbocycles. The molecule has 1 atom stereocenters. The largest absolute Gasteiger partial charge is 0.492 e. The van der Waals surface area contributed by atoms with Gasteiger partial charge in [0.25, 0.3) is 0 Å². The number of ether oxygens (including phenoxy) is 1. The van der Waals surface area contributed by atoms with Gasteiger partial charge in [-0.3, -0.25) is 4.79 Å². The van der Waals surface area contributed by atoms with Crippen molar-refractivity contribution in [1.82, 2.24) is 9.55 Å². The number of para-hydroxylation sites is 1. The van der Waals surface area contributed by atoms with Gasteiger partial charge in [-0.1, -0.05) is 30.0 Å². The van der Waals surface area contributed by atoms with Crippen LogP contribution >= 0.6 is 11.8 Å². The number of carbonyl (C=O) groups is 1. The number of benzene rings is 2. The average molecular weight is 365 g/mol. The topological polar surface area (TPSA) is 56.2 Å². The number of carbonyl (C=O) groups excluding carboxylic acids is 1. The van der Waals surface area contributed by atoms with Gasteiger partial charge in [0.05, 0.1) is 5.92 Å². The molecule has 1 aliphatic heterocycles. The predicted octanol–water partition coefficient (Wildman–Crippen LogP) is 3.76. The zero-order valence-corrected chi connectivity index (χ0v) is 15.2. The highest BCUT2D eigenvalue weighted by Crippen LogP contribution is 2.29. The van der Waals surface area contributed by atoms with E-state index in [0.717, 1.165) is 27.1 Å². The quantitative estimate of drug-likeness (QED) is 0.765. The van der Waals surface area contributed by atoms with E-state index in [9.17, 15) is 4.79 Å². The highest BCUT2D eigenvalue weighted by Gasteiger charge is 2.25. The lowest BCUT2D eigenvalue weighted by Gasteiger charge is -2.24. The van der Waals surface area contributed by atoms with E-state index in [4.69, 9.17) is 4.74 Å². The number of nitrogens with one attached hydrogen (secondary N) is 1. The van der Waals surface area contributed by atoms with Crippen molar-refractivity contribution in [1.29, 1.82) is 0 Å². The van der Waals surface area contributed by atoms with Gasteiger partial charge in [0.15, 0.2) is 5.16 Å². The van der Waals surface area contributed by atoms with E-state index < -0.39 is 0 Å². The molecule has 2 heterocycles. The molecular formula is C20H19N3O2S. The molecule has 1 amide bonds. The van der Waals surface area contributed by atoms with Crippen LogP contribution in [0.2, 0.25) is 0 Å². The Kier molecular flexibility index (Phi) is 4.67. The third-order valence-corrected chi connectivity index (χ3v) is 5.44. The minimum absolute atomic E-state index is 0.0102. The summed E-state index contributed by atoms with van der Waals surface area (Å²) in [6.07, 6.45) is 4.40. The molecule has 1 aliphatic rings. The SMILES string of the molecule is Cn1ccnc1Sc1ccc(NC(=O)C2COc3ccccc3C2)cc1. The Morgan fingerprint density at radius 3 is 2.81 bits per heavy atom. The van der Waals surface area contributed by atoms with Gasteiger partial charge >= 0.3 is 0 Å². The Morgan fingerprint density at radius 1 is 1.23 bits per heavy atom. The molecule has 0 radical (unpaired) electrons. The Hall–Kier alpha value is -2.73. The third kappa shape index (κ3) is 3.60. The number of imidazole rings is 1. The van der Waals surface area contributed by atoms with Gasteiger partial charge in [-0.25, -0.2) is 4.98 Å². The highest BCUT2D eigenvalue weighted by atomic mass is 32.2. The van der Waals surface area contributed by atoms with E-state index in [1.54, 1.807) is 18.0 Å². The Bertz CT molecular complexity index is 921. The molecule has 0 bridgehead atoms. The first-order valence-electron chi connectivity index (χ1n) is 8.46. The summed E-state index contributed by atoms with van der Waals surface area (Å²) in [5.41, 5.74) is 1.87. The second kappa shape index (κ2) is 7.25. The summed E-state index contributed by atoms with van der Waals surface area (Å²) < 4.78 is 7.68. The number of aromatic nitrogens is 2. The van der Waals surface area contributed by atoms with Crippen molar-refractivity contribution in [3.8, 4) is 5.75 Å². The van der Waals surface area contributed by atoms with E-state index >= 15 is 0 Å². The zero-order valence-electron chi connectivity index (χ0n) is 14.4. The van der Waals surface area contributed by atoms with Crippen LogP contribution < -0.4 is 10.1 Å². The fraction of sp³-hybridized carbons (Fsp3) is 0.200. The van der Waals surface area contributed by atoms with Crippen LogP contribution in [0.1, 0.15) is 5.56 Å². The van der Waals surface area contributed by atoms with Crippen molar-refractivity contribution in [2.24, 2.45) is 13.0 Å². The molecule has 4 rings (SSSR count). The first-order chi connectivity index (χ1) is 12.7. The van der Waals surface area contributed by atoms with Crippen LogP contribution in [-0.2, 0) is 18.3 Å². The van der Waals surface area contributed by atoms with Crippen LogP contribution in [0, 0.1) is 5.92 Å². The van der Waals surface area contributed by atoms with E-state index in [1.165, 1.54) is 0 Å². The molecule has 132 valence electrons. The molecule has 1 N–H and O–H groups in total. The Labute approximate surface area is 156 Å². The van der Waals surface area contributed by atoms with Crippen molar-refractivity contribution in [3.05, 3.63) is 66.5 Å².